The lowest BCUT2D eigenvalue weighted by Crippen LogP contribution is -1.98. The summed E-state index contributed by atoms with van der Waals surface area (Å²) >= 11 is 5.03. The van der Waals surface area contributed by atoms with E-state index in [0.29, 0.717) is 18.1 Å². The molecule has 0 spiro atoms. The highest BCUT2D eigenvalue weighted by atomic mass is 79.9. The molecule has 1 aromatic carbocycles. The van der Waals surface area contributed by atoms with Gasteiger partial charge >= 0.3 is 0 Å². The maximum Gasteiger partial charge on any atom is 0.175 e. The largest absolute Gasteiger partial charge is 0.493 e. The Balaban J connectivity index is 2.19. The molecule has 0 aliphatic rings. The van der Waals surface area contributed by atoms with Crippen LogP contribution in [0.3, 0.4) is 0 Å². The predicted octanol–water partition coefficient (Wildman–Crippen LogP) is 3.29. The Hall–Kier alpha value is -1.11. The molecular weight excluding hydrogens is 330 g/mol. The second-order valence-corrected chi connectivity index (χ2v) is 6.08. The molecule has 102 valence electrons. The van der Waals surface area contributed by atoms with Crippen molar-refractivity contribution in [2.24, 2.45) is 0 Å². The lowest BCUT2D eigenvalue weighted by atomic mass is 10.2. The van der Waals surface area contributed by atoms with Gasteiger partial charge in [0.25, 0.3) is 0 Å². The van der Waals surface area contributed by atoms with Crippen LogP contribution in [0.15, 0.2) is 22.8 Å². The van der Waals surface area contributed by atoms with E-state index in [4.69, 9.17) is 14.6 Å². The van der Waals surface area contributed by atoms with Crippen LogP contribution >= 0.6 is 27.3 Å². The van der Waals surface area contributed by atoms with Gasteiger partial charge in [-0.15, -0.1) is 11.3 Å². The number of rotatable bonds is 5. The Morgan fingerprint density at radius 1 is 1.42 bits per heavy atom. The summed E-state index contributed by atoms with van der Waals surface area (Å²) in [5.74, 6) is 1.23. The van der Waals surface area contributed by atoms with Crippen molar-refractivity contribution in [2.75, 3.05) is 7.11 Å². The first kappa shape index (κ1) is 14.3. The van der Waals surface area contributed by atoms with Crippen molar-refractivity contribution in [3.63, 3.8) is 0 Å². The molecule has 19 heavy (non-hydrogen) atoms. The summed E-state index contributed by atoms with van der Waals surface area (Å²) in [6.07, 6.45) is 1.81. The molecule has 4 nitrogen and oxygen atoms in total. The van der Waals surface area contributed by atoms with Gasteiger partial charge in [0.1, 0.15) is 6.61 Å². The third-order valence-corrected chi connectivity index (χ3v) is 3.98. The second-order valence-electron chi connectivity index (χ2n) is 3.90. The molecule has 0 aliphatic carbocycles. The highest BCUT2D eigenvalue weighted by molar-refractivity contribution is 9.10. The summed E-state index contributed by atoms with van der Waals surface area (Å²) < 4.78 is 11.8. The van der Waals surface area contributed by atoms with E-state index in [1.54, 1.807) is 24.5 Å². The minimum atomic E-state index is -0.0384. The van der Waals surface area contributed by atoms with Gasteiger partial charge in [-0.1, -0.05) is 0 Å². The highest BCUT2D eigenvalue weighted by Crippen LogP contribution is 2.37. The molecule has 0 amide bonds. The van der Waals surface area contributed by atoms with Crippen LogP contribution in [0.5, 0.6) is 11.5 Å². The summed E-state index contributed by atoms with van der Waals surface area (Å²) in [7, 11) is 1.58. The van der Waals surface area contributed by atoms with E-state index in [0.717, 1.165) is 19.9 Å². The lowest BCUT2D eigenvalue weighted by Gasteiger charge is -2.13. The Labute approximate surface area is 124 Å². The first-order valence-electron chi connectivity index (χ1n) is 5.65. The van der Waals surface area contributed by atoms with E-state index in [1.165, 1.54) is 0 Å². The Morgan fingerprint density at radius 3 is 2.79 bits per heavy atom. The molecule has 0 unspecified atom stereocenters. The molecule has 0 saturated heterocycles. The first-order valence-corrected chi connectivity index (χ1v) is 7.26. The summed E-state index contributed by atoms with van der Waals surface area (Å²) in [6.45, 7) is 2.36. The molecular formula is C13H14BrNO3S. The molecule has 0 atom stereocenters. The molecule has 0 saturated carbocycles. The number of ether oxygens (including phenoxy) is 2. The zero-order chi connectivity index (χ0) is 13.8. The van der Waals surface area contributed by atoms with E-state index < -0.39 is 0 Å². The number of aryl methyl sites for hydroxylation is 1. The second kappa shape index (κ2) is 6.36. The average Bonchev–Trinajstić information content (AvgIpc) is 2.82. The van der Waals surface area contributed by atoms with Crippen LogP contribution in [-0.4, -0.2) is 17.2 Å². The van der Waals surface area contributed by atoms with Crippen LogP contribution in [0.4, 0.5) is 0 Å². The van der Waals surface area contributed by atoms with Gasteiger partial charge in [-0.2, -0.15) is 0 Å². The van der Waals surface area contributed by atoms with Crippen molar-refractivity contribution in [3.05, 3.63) is 38.3 Å². The summed E-state index contributed by atoms with van der Waals surface area (Å²) in [5, 5.41) is 10.2. The van der Waals surface area contributed by atoms with Crippen molar-refractivity contribution in [1.82, 2.24) is 4.98 Å². The molecule has 2 aromatic rings. The van der Waals surface area contributed by atoms with E-state index in [-0.39, 0.29) is 6.61 Å². The molecule has 0 aliphatic heterocycles. The number of methoxy groups -OCH3 is 1. The standard InChI is InChI=1S/C13H14BrNO3S/c1-8-15-5-10(19-8)7-18-13-11(14)3-9(6-16)4-12(13)17-2/h3-5,16H,6-7H2,1-2H3. The van der Waals surface area contributed by atoms with Crippen molar-refractivity contribution < 1.29 is 14.6 Å². The summed E-state index contributed by atoms with van der Waals surface area (Å²) in [5.41, 5.74) is 0.768. The number of hydrogen-bond acceptors (Lipinski definition) is 5. The Kier molecular flexibility index (Phi) is 4.79. The van der Waals surface area contributed by atoms with Gasteiger partial charge in [0, 0.05) is 6.20 Å². The molecule has 1 heterocycles. The van der Waals surface area contributed by atoms with E-state index >= 15 is 0 Å². The maximum absolute atomic E-state index is 9.16. The fourth-order valence-electron chi connectivity index (χ4n) is 1.62. The van der Waals surface area contributed by atoms with Crippen molar-refractivity contribution in [1.29, 1.82) is 0 Å². The number of thiazole rings is 1. The fourth-order valence-corrected chi connectivity index (χ4v) is 2.93. The fraction of sp³-hybridized carbons (Fsp3) is 0.308. The average molecular weight is 344 g/mol. The van der Waals surface area contributed by atoms with Crippen LogP contribution in [0.2, 0.25) is 0 Å². The van der Waals surface area contributed by atoms with Gasteiger partial charge in [-0.05, 0) is 40.5 Å². The smallest absolute Gasteiger partial charge is 0.175 e. The lowest BCUT2D eigenvalue weighted by molar-refractivity contribution is 0.274. The normalized spacial score (nSPS) is 10.5. The van der Waals surface area contributed by atoms with E-state index in [2.05, 4.69) is 20.9 Å². The van der Waals surface area contributed by atoms with Crippen LogP contribution in [0.1, 0.15) is 15.4 Å². The predicted molar refractivity (Wildman–Crippen MR) is 77.8 cm³/mol. The number of aliphatic hydroxyl groups excluding tert-OH is 1. The molecule has 0 bridgehead atoms. The number of hydrogen-bond donors (Lipinski definition) is 1. The third kappa shape index (κ3) is 3.46. The van der Waals surface area contributed by atoms with Crippen LogP contribution < -0.4 is 9.47 Å². The summed E-state index contributed by atoms with van der Waals surface area (Å²) in [6, 6.07) is 3.58. The van der Waals surface area contributed by atoms with Gasteiger partial charge in [-0.3, -0.25) is 0 Å². The molecule has 1 aromatic heterocycles. The maximum atomic E-state index is 9.16. The summed E-state index contributed by atoms with van der Waals surface area (Å²) in [4.78, 5) is 5.24. The third-order valence-electron chi connectivity index (χ3n) is 2.50. The van der Waals surface area contributed by atoms with Crippen molar-refractivity contribution >= 4 is 27.3 Å². The van der Waals surface area contributed by atoms with Gasteiger partial charge in [0.05, 0.1) is 28.1 Å². The van der Waals surface area contributed by atoms with Gasteiger partial charge in [0.2, 0.25) is 0 Å². The van der Waals surface area contributed by atoms with Crippen LogP contribution in [0.25, 0.3) is 0 Å². The van der Waals surface area contributed by atoms with E-state index in [1.807, 2.05) is 19.2 Å². The Bertz CT molecular complexity index is 571. The van der Waals surface area contributed by atoms with Gasteiger partial charge in [0.15, 0.2) is 11.5 Å². The molecule has 6 heteroatoms. The number of halogens is 1. The van der Waals surface area contributed by atoms with Gasteiger partial charge in [-0.25, -0.2) is 4.98 Å². The number of aliphatic hydroxyl groups is 1. The molecule has 1 N–H and O–H groups in total. The van der Waals surface area contributed by atoms with Crippen molar-refractivity contribution in [3.8, 4) is 11.5 Å². The monoisotopic (exact) mass is 343 g/mol. The minimum absolute atomic E-state index is 0.0384. The number of nitrogens with zero attached hydrogens (tertiary/aromatic N) is 1. The zero-order valence-corrected chi connectivity index (χ0v) is 13.0. The van der Waals surface area contributed by atoms with Crippen molar-refractivity contribution in [2.45, 2.75) is 20.1 Å². The van der Waals surface area contributed by atoms with E-state index in [9.17, 15) is 0 Å². The molecule has 0 fully saturated rings. The van der Waals surface area contributed by atoms with Crippen LogP contribution in [0, 0.1) is 6.92 Å². The topological polar surface area (TPSA) is 51.6 Å². The van der Waals surface area contributed by atoms with Crippen LogP contribution in [-0.2, 0) is 13.2 Å². The number of benzene rings is 1. The first-order chi connectivity index (χ1) is 9.13. The Morgan fingerprint density at radius 2 is 2.21 bits per heavy atom. The molecule has 2 rings (SSSR count). The quantitative estimate of drug-likeness (QED) is 0.904. The highest BCUT2D eigenvalue weighted by Gasteiger charge is 2.12. The van der Waals surface area contributed by atoms with Gasteiger partial charge < -0.3 is 14.6 Å². The minimum Gasteiger partial charge on any atom is -0.493 e. The number of aromatic nitrogens is 1. The zero-order valence-electron chi connectivity index (χ0n) is 10.6. The SMILES string of the molecule is COc1cc(CO)cc(Br)c1OCc1cnc(C)s1. The molecule has 0 radical (unpaired) electrons.